The summed E-state index contributed by atoms with van der Waals surface area (Å²) in [5.41, 5.74) is 2.59. The average molecular weight is 227 g/mol. The Kier molecular flexibility index (Phi) is 4.22. The highest BCUT2D eigenvalue weighted by Crippen LogP contribution is 2.09. The summed E-state index contributed by atoms with van der Waals surface area (Å²) in [6.07, 6.45) is 8.36. The Bertz CT molecular complexity index is 428. The highest BCUT2D eigenvalue weighted by molar-refractivity contribution is 5.14. The van der Waals surface area contributed by atoms with Crippen molar-refractivity contribution in [2.75, 3.05) is 6.54 Å². The maximum Gasteiger partial charge on any atom is 0.0293 e. The number of hydrogen-bond acceptors (Lipinski definition) is 3. The van der Waals surface area contributed by atoms with Crippen molar-refractivity contribution in [3.8, 4) is 0 Å². The Balaban J connectivity index is 1.79. The molecule has 0 aromatic carbocycles. The molecule has 0 radical (unpaired) electrons. The van der Waals surface area contributed by atoms with Crippen LogP contribution in [0.4, 0.5) is 0 Å². The molecule has 1 N–H and O–H groups in total. The molecule has 3 nitrogen and oxygen atoms in total. The zero-order chi connectivity index (χ0) is 11.9. The van der Waals surface area contributed by atoms with E-state index in [9.17, 15) is 0 Å². The lowest BCUT2D eigenvalue weighted by molar-refractivity contribution is 0.576. The van der Waals surface area contributed by atoms with E-state index in [1.165, 1.54) is 11.1 Å². The van der Waals surface area contributed by atoms with Crippen molar-refractivity contribution in [3.05, 3.63) is 60.2 Å². The van der Waals surface area contributed by atoms with E-state index in [0.717, 1.165) is 13.0 Å². The minimum Gasteiger partial charge on any atom is -0.310 e. The van der Waals surface area contributed by atoms with E-state index < -0.39 is 0 Å². The summed E-state index contributed by atoms with van der Waals surface area (Å²) in [5.74, 6) is 0. The van der Waals surface area contributed by atoms with Crippen LogP contribution in [0.15, 0.2) is 49.1 Å². The van der Waals surface area contributed by atoms with Crippen LogP contribution in [0.5, 0.6) is 0 Å². The van der Waals surface area contributed by atoms with Crippen LogP contribution in [-0.2, 0) is 6.42 Å². The van der Waals surface area contributed by atoms with E-state index in [-0.39, 0.29) is 0 Å². The molecule has 0 saturated heterocycles. The molecule has 2 heterocycles. The quantitative estimate of drug-likeness (QED) is 0.852. The van der Waals surface area contributed by atoms with Gasteiger partial charge in [0.15, 0.2) is 0 Å². The topological polar surface area (TPSA) is 37.8 Å². The van der Waals surface area contributed by atoms with Gasteiger partial charge in [0, 0.05) is 30.8 Å². The van der Waals surface area contributed by atoms with Crippen molar-refractivity contribution in [1.82, 2.24) is 15.3 Å². The predicted molar refractivity (Wildman–Crippen MR) is 68.6 cm³/mol. The molecule has 0 amide bonds. The fourth-order valence-corrected chi connectivity index (χ4v) is 1.75. The third kappa shape index (κ3) is 3.64. The molecule has 0 bridgehead atoms. The van der Waals surface area contributed by atoms with Gasteiger partial charge in [-0.25, -0.2) is 0 Å². The average Bonchev–Trinajstić information content (AvgIpc) is 2.41. The van der Waals surface area contributed by atoms with Gasteiger partial charge in [0.1, 0.15) is 0 Å². The van der Waals surface area contributed by atoms with Gasteiger partial charge in [0.25, 0.3) is 0 Å². The first-order valence-corrected chi connectivity index (χ1v) is 5.88. The SMILES string of the molecule is C[C@H](NCCc1ccncc1)c1ccncc1. The molecule has 0 aliphatic carbocycles. The molecule has 0 spiro atoms. The smallest absolute Gasteiger partial charge is 0.0293 e. The van der Waals surface area contributed by atoms with E-state index in [1.807, 2.05) is 36.9 Å². The molecular formula is C14H17N3. The minimum atomic E-state index is 0.361. The molecule has 0 aliphatic heterocycles. The van der Waals surface area contributed by atoms with Crippen LogP contribution < -0.4 is 5.32 Å². The van der Waals surface area contributed by atoms with Crippen LogP contribution in [0.1, 0.15) is 24.1 Å². The number of nitrogens with zero attached hydrogens (tertiary/aromatic N) is 2. The molecule has 88 valence electrons. The summed E-state index contributed by atoms with van der Waals surface area (Å²) in [5, 5.41) is 3.50. The Morgan fingerprint density at radius 2 is 1.59 bits per heavy atom. The molecule has 17 heavy (non-hydrogen) atoms. The van der Waals surface area contributed by atoms with E-state index in [0.29, 0.717) is 6.04 Å². The van der Waals surface area contributed by atoms with Crippen LogP contribution in [0.2, 0.25) is 0 Å². The van der Waals surface area contributed by atoms with Crippen molar-refractivity contribution in [1.29, 1.82) is 0 Å². The van der Waals surface area contributed by atoms with Gasteiger partial charge in [0.2, 0.25) is 0 Å². The zero-order valence-corrected chi connectivity index (χ0v) is 10.0. The summed E-state index contributed by atoms with van der Waals surface area (Å²) in [7, 11) is 0. The van der Waals surface area contributed by atoms with Crippen LogP contribution >= 0.6 is 0 Å². The van der Waals surface area contributed by atoms with Gasteiger partial charge in [-0.2, -0.15) is 0 Å². The van der Waals surface area contributed by atoms with Crippen LogP contribution in [0.3, 0.4) is 0 Å². The summed E-state index contributed by atoms with van der Waals surface area (Å²) in [6.45, 7) is 3.13. The summed E-state index contributed by atoms with van der Waals surface area (Å²) in [4.78, 5) is 8.03. The largest absolute Gasteiger partial charge is 0.310 e. The first-order chi connectivity index (χ1) is 8.36. The first kappa shape index (κ1) is 11.7. The summed E-state index contributed by atoms with van der Waals surface area (Å²) >= 11 is 0. The van der Waals surface area contributed by atoms with Crippen LogP contribution in [0, 0.1) is 0 Å². The first-order valence-electron chi connectivity index (χ1n) is 5.88. The van der Waals surface area contributed by atoms with E-state index in [2.05, 4.69) is 34.3 Å². The summed E-state index contributed by atoms with van der Waals surface area (Å²) < 4.78 is 0. The second-order valence-electron chi connectivity index (χ2n) is 4.06. The third-order valence-electron chi connectivity index (χ3n) is 2.82. The van der Waals surface area contributed by atoms with Gasteiger partial charge in [-0.15, -0.1) is 0 Å². The standard InChI is InChI=1S/C14H17N3/c1-12(14-5-9-16-10-6-14)17-11-4-13-2-7-15-8-3-13/h2-3,5-10,12,17H,4,11H2,1H3/t12-/m0/s1. The number of aromatic nitrogens is 2. The lowest BCUT2D eigenvalue weighted by Gasteiger charge is -2.13. The van der Waals surface area contributed by atoms with Crippen molar-refractivity contribution in [2.24, 2.45) is 0 Å². The molecule has 0 aliphatic rings. The highest BCUT2D eigenvalue weighted by atomic mass is 14.9. The fraction of sp³-hybridized carbons (Fsp3) is 0.286. The molecule has 1 atom stereocenters. The Morgan fingerprint density at radius 3 is 2.24 bits per heavy atom. The maximum atomic E-state index is 4.02. The van der Waals surface area contributed by atoms with Gasteiger partial charge in [-0.05, 0) is 55.3 Å². The predicted octanol–water partition coefficient (Wildman–Crippen LogP) is 2.37. The Labute approximate surface area is 102 Å². The lowest BCUT2D eigenvalue weighted by atomic mass is 10.1. The molecule has 3 heteroatoms. The molecule has 0 fully saturated rings. The van der Waals surface area contributed by atoms with Gasteiger partial charge in [-0.3, -0.25) is 9.97 Å². The molecule has 2 rings (SSSR count). The van der Waals surface area contributed by atoms with Crippen LogP contribution in [-0.4, -0.2) is 16.5 Å². The highest BCUT2D eigenvalue weighted by Gasteiger charge is 2.03. The molecule has 0 unspecified atom stereocenters. The molecular weight excluding hydrogens is 210 g/mol. The van der Waals surface area contributed by atoms with E-state index in [1.54, 1.807) is 0 Å². The van der Waals surface area contributed by atoms with Crippen molar-refractivity contribution < 1.29 is 0 Å². The van der Waals surface area contributed by atoms with E-state index in [4.69, 9.17) is 0 Å². The molecule has 2 aromatic rings. The number of hydrogen-bond donors (Lipinski definition) is 1. The second-order valence-corrected chi connectivity index (χ2v) is 4.06. The van der Waals surface area contributed by atoms with Crippen molar-refractivity contribution >= 4 is 0 Å². The number of nitrogens with one attached hydrogen (secondary N) is 1. The third-order valence-corrected chi connectivity index (χ3v) is 2.82. The second kappa shape index (κ2) is 6.11. The fourth-order valence-electron chi connectivity index (χ4n) is 1.75. The number of pyridine rings is 2. The molecule has 2 aromatic heterocycles. The Morgan fingerprint density at radius 1 is 1.00 bits per heavy atom. The van der Waals surface area contributed by atoms with Crippen molar-refractivity contribution in [3.63, 3.8) is 0 Å². The normalized spacial score (nSPS) is 12.3. The van der Waals surface area contributed by atoms with Crippen molar-refractivity contribution in [2.45, 2.75) is 19.4 Å². The summed E-state index contributed by atoms with van der Waals surface area (Å²) in [6, 6.07) is 8.56. The number of rotatable bonds is 5. The molecule has 0 saturated carbocycles. The Hall–Kier alpha value is -1.74. The maximum absolute atomic E-state index is 4.02. The zero-order valence-electron chi connectivity index (χ0n) is 10.0. The van der Waals surface area contributed by atoms with Crippen LogP contribution in [0.25, 0.3) is 0 Å². The van der Waals surface area contributed by atoms with Gasteiger partial charge in [-0.1, -0.05) is 0 Å². The van der Waals surface area contributed by atoms with Gasteiger partial charge in [0.05, 0.1) is 0 Å². The monoisotopic (exact) mass is 227 g/mol. The minimum absolute atomic E-state index is 0.361. The van der Waals surface area contributed by atoms with E-state index >= 15 is 0 Å². The van der Waals surface area contributed by atoms with Gasteiger partial charge >= 0.3 is 0 Å². The lowest BCUT2D eigenvalue weighted by Crippen LogP contribution is -2.21. The van der Waals surface area contributed by atoms with Gasteiger partial charge < -0.3 is 5.32 Å².